The van der Waals surface area contributed by atoms with Gasteiger partial charge < -0.3 is 4.90 Å². The van der Waals surface area contributed by atoms with Gasteiger partial charge in [-0.25, -0.2) is 0 Å². The molecule has 1 amide bonds. The number of carbonyl (C=O) groups excluding carboxylic acids is 1. The first-order chi connectivity index (χ1) is 17.1. The number of hydrogen-bond donors (Lipinski definition) is 0. The van der Waals surface area contributed by atoms with Crippen LogP contribution >= 0.6 is 0 Å². The van der Waals surface area contributed by atoms with Crippen LogP contribution in [-0.4, -0.2) is 41.9 Å². The summed E-state index contributed by atoms with van der Waals surface area (Å²) >= 11 is 0. The van der Waals surface area contributed by atoms with Gasteiger partial charge in [0.1, 0.15) is 0 Å². The number of likely N-dealkylation sites (tertiary alicyclic amines) is 1. The van der Waals surface area contributed by atoms with Crippen LogP contribution in [0.25, 0.3) is 6.08 Å². The Bertz CT molecular complexity index is 1220. The van der Waals surface area contributed by atoms with E-state index < -0.39 is 4.92 Å². The SMILES string of the molecule is O=C(c1ccc([N+](=O)[O-])cc1)N1CC(C2CCN(CC=Cc3ccccc3)CC2)c2ccccc21. The molecule has 3 aromatic carbocycles. The van der Waals surface area contributed by atoms with E-state index in [1.807, 2.05) is 23.1 Å². The van der Waals surface area contributed by atoms with Crippen LogP contribution in [0.5, 0.6) is 0 Å². The summed E-state index contributed by atoms with van der Waals surface area (Å²) in [5.74, 6) is 0.744. The molecule has 2 aliphatic rings. The average molecular weight is 468 g/mol. The number of carbonyl (C=O) groups is 1. The van der Waals surface area contributed by atoms with Crippen molar-refractivity contribution in [1.82, 2.24) is 4.90 Å². The van der Waals surface area contributed by atoms with Crippen molar-refractivity contribution < 1.29 is 9.72 Å². The number of non-ortho nitro benzene ring substituents is 1. The minimum absolute atomic E-state index is 0.00776. The molecule has 3 aromatic rings. The molecule has 0 N–H and O–H groups in total. The van der Waals surface area contributed by atoms with E-state index in [0.29, 0.717) is 23.9 Å². The van der Waals surface area contributed by atoms with Gasteiger partial charge in [-0.05, 0) is 61.2 Å². The number of hydrogen-bond acceptors (Lipinski definition) is 4. The standard InChI is InChI=1S/C29H29N3O3/c33-29(24-12-14-25(15-13-24)32(34)35)31-21-27(26-10-4-5-11-28(26)31)23-16-19-30(20-17-23)18-6-9-22-7-2-1-3-8-22/h1-15,23,27H,16-21H2. The van der Waals surface area contributed by atoms with Crippen LogP contribution in [0.3, 0.4) is 0 Å². The first kappa shape index (κ1) is 23.0. The van der Waals surface area contributed by atoms with E-state index >= 15 is 0 Å². The molecule has 0 saturated carbocycles. The third-order valence-corrected chi connectivity index (χ3v) is 7.25. The maximum atomic E-state index is 13.3. The van der Waals surface area contributed by atoms with E-state index in [1.54, 1.807) is 12.1 Å². The molecule has 1 atom stereocenters. The fourth-order valence-corrected chi connectivity index (χ4v) is 5.36. The molecule has 0 radical (unpaired) electrons. The van der Waals surface area contributed by atoms with Crippen molar-refractivity contribution in [3.63, 3.8) is 0 Å². The second-order valence-electron chi connectivity index (χ2n) is 9.34. The molecule has 2 aliphatic heterocycles. The quantitative estimate of drug-likeness (QED) is 0.341. The summed E-state index contributed by atoms with van der Waals surface area (Å²) in [7, 11) is 0. The van der Waals surface area contributed by atoms with Crippen molar-refractivity contribution in [3.8, 4) is 0 Å². The van der Waals surface area contributed by atoms with Crippen LogP contribution in [0.15, 0.2) is 84.9 Å². The second kappa shape index (κ2) is 10.2. The molecule has 5 rings (SSSR count). The zero-order chi connectivity index (χ0) is 24.2. The van der Waals surface area contributed by atoms with Crippen molar-refractivity contribution in [2.45, 2.75) is 18.8 Å². The van der Waals surface area contributed by atoms with E-state index in [9.17, 15) is 14.9 Å². The van der Waals surface area contributed by atoms with Crippen LogP contribution in [0.2, 0.25) is 0 Å². The lowest BCUT2D eigenvalue weighted by Crippen LogP contribution is -2.37. The molecule has 1 saturated heterocycles. The van der Waals surface area contributed by atoms with Gasteiger partial charge in [-0.15, -0.1) is 0 Å². The zero-order valence-electron chi connectivity index (χ0n) is 19.6. The van der Waals surface area contributed by atoms with Gasteiger partial charge in [0.25, 0.3) is 11.6 Å². The van der Waals surface area contributed by atoms with Crippen LogP contribution in [-0.2, 0) is 0 Å². The third kappa shape index (κ3) is 5.03. The molecule has 2 heterocycles. The highest BCUT2D eigenvalue weighted by Gasteiger charge is 2.38. The molecule has 6 heteroatoms. The van der Waals surface area contributed by atoms with Crippen molar-refractivity contribution >= 4 is 23.4 Å². The van der Waals surface area contributed by atoms with E-state index in [4.69, 9.17) is 0 Å². The number of benzene rings is 3. The third-order valence-electron chi connectivity index (χ3n) is 7.25. The number of rotatable bonds is 6. The highest BCUT2D eigenvalue weighted by molar-refractivity contribution is 6.07. The number of para-hydroxylation sites is 1. The van der Waals surface area contributed by atoms with E-state index in [2.05, 4.69) is 53.5 Å². The molecule has 1 fully saturated rings. The highest BCUT2D eigenvalue weighted by atomic mass is 16.6. The summed E-state index contributed by atoms with van der Waals surface area (Å²) in [5, 5.41) is 11.0. The Hall–Kier alpha value is -3.77. The lowest BCUT2D eigenvalue weighted by atomic mass is 9.81. The van der Waals surface area contributed by atoms with Crippen molar-refractivity contribution in [1.29, 1.82) is 0 Å². The Morgan fingerprint density at radius 1 is 0.943 bits per heavy atom. The smallest absolute Gasteiger partial charge is 0.269 e. The predicted octanol–water partition coefficient (Wildman–Crippen LogP) is 5.76. The minimum atomic E-state index is -0.445. The Labute approximate surface area is 205 Å². The lowest BCUT2D eigenvalue weighted by Gasteiger charge is -2.34. The maximum absolute atomic E-state index is 13.3. The number of amides is 1. The molecule has 0 bridgehead atoms. The normalized spacial score (nSPS) is 18.6. The van der Waals surface area contributed by atoms with Gasteiger partial charge >= 0.3 is 0 Å². The number of nitro groups is 1. The fourth-order valence-electron chi connectivity index (χ4n) is 5.36. The van der Waals surface area contributed by atoms with Crippen molar-refractivity contribution in [3.05, 3.63) is 112 Å². The Kier molecular flexibility index (Phi) is 6.73. The number of nitro benzene ring substituents is 1. The Balaban J connectivity index is 1.24. The largest absolute Gasteiger partial charge is 0.307 e. The van der Waals surface area contributed by atoms with Gasteiger partial charge in [0.2, 0.25) is 0 Å². The van der Waals surface area contributed by atoms with Crippen LogP contribution in [0, 0.1) is 16.0 Å². The average Bonchev–Trinajstić information content (AvgIpc) is 3.29. The van der Waals surface area contributed by atoms with Gasteiger partial charge in [0, 0.05) is 42.4 Å². The number of piperidine rings is 1. The van der Waals surface area contributed by atoms with Crippen LogP contribution in [0.1, 0.15) is 40.2 Å². The van der Waals surface area contributed by atoms with Gasteiger partial charge in [0.15, 0.2) is 0 Å². The summed E-state index contributed by atoms with van der Waals surface area (Å²) in [6.45, 7) is 3.72. The molecule has 0 spiro atoms. The summed E-state index contributed by atoms with van der Waals surface area (Å²) in [4.78, 5) is 28.2. The summed E-state index contributed by atoms with van der Waals surface area (Å²) < 4.78 is 0. The first-order valence-electron chi connectivity index (χ1n) is 12.2. The summed E-state index contributed by atoms with van der Waals surface area (Å²) in [5.41, 5.74) is 3.90. The zero-order valence-corrected chi connectivity index (χ0v) is 19.6. The lowest BCUT2D eigenvalue weighted by molar-refractivity contribution is -0.384. The van der Waals surface area contributed by atoms with Crippen LogP contribution in [0.4, 0.5) is 11.4 Å². The minimum Gasteiger partial charge on any atom is -0.307 e. The maximum Gasteiger partial charge on any atom is 0.269 e. The fraction of sp³-hybridized carbons (Fsp3) is 0.276. The highest BCUT2D eigenvalue weighted by Crippen LogP contribution is 2.44. The molecular formula is C29H29N3O3. The van der Waals surface area contributed by atoms with Crippen molar-refractivity contribution in [2.24, 2.45) is 5.92 Å². The van der Waals surface area contributed by atoms with E-state index in [-0.39, 0.29) is 11.6 Å². The summed E-state index contributed by atoms with van der Waals surface area (Å²) in [6.07, 6.45) is 6.64. The first-order valence-corrected chi connectivity index (χ1v) is 12.2. The van der Waals surface area contributed by atoms with Crippen LogP contribution < -0.4 is 4.90 Å². The van der Waals surface area contributed by atoms with E-state index in [0.717, 1.165) is 38.2 Å². The molecule has 0 aromatic heterocycles. The van der Waals surface area contributed by atoms with Crippen molar-refractivity contribution in [2.75, 3.05) is 31.1 Å². The number of anilines is 1. The topological polar surface area (TPSA) is 66.7 Å². The number of fused-ring (bicyclic) bond motifs is 1. The van der Waals surface area contributed by atoms with Gasteiger partial charge in [-0.1, -0.05) is 60.7 Å². The monoisotopic (exact) mass is 467 g/mol. The predicted molar refractivity (Wildman–Crippen MR) is 139 cm³/mol. The summed E-state index contributed by atoms with van der Waals surface area (Å²) in [6, 6.07) is 24.5. The molecular weight excluding hydrogens is 438 g/mol. The number of nitrogens with zero attached hydrogens (tertiary/aromatic N) is 3. The van der Waals surface area contributed by atoms with Gasteiger partial charge in [-0.3, -0.25) is 19.8 Å². The molecule has 178 valence electrons. The Morgan fingerprint density at radius 3 is 2.34 bits per heavy atom. The Morgan fingerprint density at radius 2 is 1.63 bits per heavy atom. The van der Waals surface area contributed by atoms with E-state index in [1.165, 1.54) is 23.3 Å². The molecule has 1 unspecified atom stereocenters. The van der Waals surface area contributed by atoms with Gasteiger partial charge in [0.05, 0.1) is 4.92 Å². The second-order valence-corrected chi connectivity index (χ2v) is 9.34. The molecule has 6 nitrogen and oxygen atoms in total. The molecule has 0 aliphatic carbocycles. The van der Waals surface area contributed by atoms with Gasteiger partial charge in [-0.2, -0.15) is 0 Å². The molecule has 35 heavy (non-hydrogen) atoms.